The molecule has 1 aliphatic heterocycles. The first-order chi connectivity index (χ1) is 9.04. The summed E-state index contributed by atoms with van der Waals surface area (Å²) in [6.45, 7) is 5.05. The third-order valence-corrected chi connectivity index (χ3v) is 4.28. The molecule has 1 aromatic carbocycles. The second-order valence-electron chi connectivity index (χ2n) is 5.56. The molecule has 2 aromatic rings. The highest BCUT2D eigenvalue weighted by Gasteiger charge is 2.27. The predicted molar refractivity (Wildman–Crippen MR) is 78.1 cm³/mol. The van der Waals surface area contributed by atoms with E-state index in [9.17, 15) is 0 Å². The first-order valence-corrected chi connectivity index (χ1v) is 7.01. The topological polar surface area (TPSA) is 47.1 Å². The van der Waals surface area contributed by atoms with Gasteiger partial charge in [-0.25, -0.2) is 4.98 Å². The van der Waals surface area contributed by atoms with Crippen LogP contribution in [0.5, 0.6) is 0 Å². The summed E-state index contributed by atoms with van der Waals surface area (Å²) in [5.41, 5.74) is 8.15. The van der Waals surface area contributed by atoms with Gasteiger partial charge in [-0.05, 0) is 24.1 Å². The van der Waals surface area contributed by atoms with Crippen molar-refractivity contribution >= 4 is 22.6 Å². The summed E-state index contributed by atoms with van der Waals surface area (Å²) in [7, 11) is 2.04. The normalized spacial score (nSPS) is 24.4. The van der Waals surface area contributed by atoms with Crippen molar-refractivity contribution in [1.82, 2.24) is 14.5 Å². The highest BCUT2D eigenvalue weighted by atomic mass is 35.5. The molecule has 2 unspecified atom stereocenters. The van der Waals surface area contributed by atoms with Gasteiger partial charge in [0.1, 0.15) is 5.82 Å². The Morgan fingerprint density at radius 3 is 2.89 bits per heavy atom. The molecule has 0 amide bonds. The molecule has 102 valence electrons. The van der Waals surface area contributed by atoms with E-state index < -0.39 is 0 Å². The highest BCUT2D eigenvalue weighted by Crippen LogP contribution is 2.22. The zero-order valence-electron chi connectivity index (χ0n) is 11.3. The van der Waals surface area contributed by atoms with Crippen LogP contribution < -0.4 is 5.73 Å². The Kier molecular flexibility index (Phi) is 3.25. The number of hydrogen-bond acceptors (Lipinski definition) is 3. The average Bonchev–Trinajstić information content (AvgIpc) is 2.83. The molecule has 0 radical (unpaired) electrons. The van der Waals surface area contributed by atoms with Gasteiger partial charge in [-0.2, -0.15) is 0 Å². The lowest BCUT2D eigenvalue weighted by Gasteiger charge is -2.14. The van der Waals surface area contributed by atoms with E-state index in [0.717, 1.165) is 41.5 Å². The van der Waals surface area contributed by atoms with Gasteiger partial charge in [-0.1, -0.05) is 18.5 Å². The monoisotopic (exact) mass is 278 g/mol. The zero-order chi connectivity index (χ0) is 13.6. The molecule has 4 nitrogen and oxygen atoms in total. The van der Waals surface area contributed by atoms with Crippen LogP contribution in [0, 0.1) is 5.92 Å². The molecule has 0 spiro atoms. The molecular formula is C14H19ClN4. The summed E-state index contributed by atoms with van der Waals surface area (Å²) in [6.07, 6.45) is 0. The van der Waals surface area contributed by atoms with Gasteiger partial charge < -0.3 is 10.3 Å². The molecule has 2 atom stereocenters. The quantitative estimate of drug-likeness (QED) is 0.914. The Balaban J connectivity index is 1.87. The van der Waals surface area contributed by atoms with E-state index in [4.69, 9.17) is 17.3 Å². The molecule has 2 N–H and O–H groups in total. The smallest absolute Gasteiger partial charge is 0.123 e. The Morgan fingerprint density at radius 2 is 2.21 bits per heavy atom. The number of imidazole rings is 1. The summed E-state index contributed by atoms with van der Waals surface area (Å²) in [5, 5.41) is 0.749. The number of nitrogens with zero attached hydrogens (tertiary/aromatic N) is 3. The van der Waals surface area contributed by atoms with E-state index in [1.165, 1.54) is 0 Å². The van der Waals surface area contributed by atoms with Gasteiger partial charge in [-0.3, -0.25) is 4.90 Å². The van der Waals surface area contributed by atoms with Crippen molar-refractivity contribution in [2.24, 2.45) is 18.7 Å². The van der Waals surface area contributed by atoms with E-state index in [1.54, 1.807) is 0 Å². The zero-order valence-corrected chi connectivity index (χ0v) is 12.1. The molecule has 1 aromatic heterocycles. The fraction of sp³-hybridized carbons (Fsp3) is 0.500. The molecule has 1 fully saturated rings. The minimum atomic E-state index is 0.282. The van der Waals surface area contributed by atoms with Crippen LogP contribution in [0.3, 0.4) is 0 Å². The van der Waals surface area contributed by atoms with Crippen molar-refractivity contribution in [2.75, 3.05) is 13.1 Å². The Hall–Kier alpha value is -1.10. The van der Waals surface area contributed by atoms with Crippen molar-refractivity contribution < 1.29 is 0 Å². The van der Waals surface area contributed by atoms with Crippen LogP contribution in [0.1, 0.15) is 12.7 Å². The Morgan fingerprint density at radius 1 is 1.42 bits per heavy atom. The number of aromatic nitrogens is 2. The van der Waals surface area contributed by atoms with Crippen molar-refractivity contribution in [1.29, 1.82) is 0 Å². The van der Waals surface area contributed by atoms with Gasteiger partial charge in [0, 0.05) is 31.2 Å². The third-order valence-electron chi connectivity index (χ3n) is 4.05. The fourth-order valence-electron chi connectivity index (χ4n) is 2.78. The number of benzene rings is 1. The number of nitrogens with two attached hydrogens (primary N) is 1. The number of hydrogen-bond donors (Lipinski definition) is 1. The fourth-order valence-corrected chi connectivity index (χ4v) is 2.95. The van der Waals surface area contributed by atoms with Crippen molar-refractivity contribution in [3.8, 4) is 0 Å². The summed E-state index contributed by atoms with van der Waals surface area (Å²) in [5.74, 6) is 1.63. The summed E-state index contributed by atoms with van der Waals surface area (Å²) in [4.78, 5) is 7.06. The molecule has 5 heteroatoms. The predicted octanol–water partition coefficient (Wildman–Crippen LogP) is 2.01. The maximum Gasteiger partial charge on any atom is 0.123 e. The molecule has 2 heterocycles. The number of halogens is 1. The van der Waals surface area contributed by atoms with Crippen molar-refractivity contribution in [3.05, 3.63) is 29.0 Å². The minimum Gasteiger partial charge on any atom is -0.330 e. The van der Waals surface area contributed by atoms with Crippen LogP contribution in [0.25, 0.3) is 11.0 Å². The summed E-state index contributed by atoms with van der Waals surface area (Å²) in [6, 6.07) is 6.10. The van der Waals surface area contributed by atoms with Crippen LogP contribution in [0.15, 0.2) is 18.2 Å². The van der Waals surface area contributed by atoms with Gasteiger partial charge in [0.15, 0.2) is 0 Å². The van der Waals surface area contributed by atoms with Crippen LogP contribution in [0.2, 0.25) is 5.02 Å². The Labute approximate surface area is 118 Å². The maximum absolute atomic E-state index is 6.07. The Bertz CT molecular complexity index is 597. The number of fused-ring (bicyclic) bond motifs is 1. The summed E-state index contributed by atoms with van der Waals surface area (Å²) >= 11 is 6.04. The molecule has 1 saturated heterocycles. The SMILES string of the molecule is CC1CN(Cc2nc3ccc(Cl)cc3n2C)CC1N. The number of rotatable bonds is 2. The standard InChI is InChI=1S/C14H19ClN4/c1-9-6-19(7-11(9)16)8-14-17-12-4-3-10(15)5-13(12)18(14)2/h3-5,9,11H,6-8,16H2,1-2H3. The number of aryl methyl sites for hydroxylation is 1. The van der Waals surface area contributed by atoms with E-state index in [1.807, 2.05) is 25.2 Å². The molecular weight excluding hydrogens is 260 g/mol. The van der Waals surface area contributed by atoms with Crippen molar-refractivity contribution in [3.63, 3.8) is 0 Å². The van der Waals surface area contributed by atoms with Crippen LogP contribution in [-0.4, -0.2) is 33.6 Å². The maximum atomic E-state index is 6.07. The van der Waals surface area contributed by atoms with E-state index in [0.29, 0.717) is 5.92 Å². The molecule has 0 saturated carbocycles. The second-order valence-corrected chi connectivity index (χ2v) is 5.99. The van der Waals surface area contributed by atoms with Crippen LogP contribution in [0.4, 0.5) is 0 Å². The minimum absolute atomic E-state index is 0.282. The lowest BCUT2D eigenvalue weighted by molar-refractivity contribution is 0.307. The lowest BCUT2D eigenvalue weighted by atomic mass is 10.1. The van der Waals surface area contributed by atoms with Crippen LogP contribution in [-0.2, 0) is 13.6 Å². The largest absolute Gasteiger partial charge is 0.330 e. The van der Waals surface area contributed by atoms with Gasteiger partial charge in [0.2, 0.25) is 0 Å². The molecule has 3 rings (SSSR count). The summed E-state index contributed by atoms with van der Waals surface area (Å²) < 4.78 is 2.12. The van der Waals surface area contributed by atoms with E-state index >= 15 is 0 Å². The van der Waals surface area contributed by atoms with Gasteiger partial charge in [-0.15, -0.1) is 0 Å². The first-order valence-electron chi connectivity index (χ1n) is 6.63. The highest BCUT2D eigenvalue weighted by molar-refractivity contribution is 6.31. The van der Waals surface area contributed by atoms with Crippen LogP contribution >= 0.6 is 11.6 Å². The third kappa shape index (κ3) is 2.36. The van der Waals surface area contributed by atoms with Crippen molar-refractivity contribution in [2.45, 2.75) is 19.5 Å². The average molecular weight is 279 g/mol. The van der Waals surface area contributed by atoms with Gasteiger partial charge in [0.05, 0.1) is 17.6 Å². The second kappa shape index (κ2) is 4.78. The number of likely N-dealkylation sites (tertiary alicyclic amines) is 1. The van der Waals surface area contributed by atoms with E-state index in [2.05, 4.69) is 21.4 Å². The van der Waals surface area contributed by atoms with E-state index in [-0.39, 0.29) is 6.04 Å². The van der Waals surface area contributed by atoms with Gasteiger partial charge in [0.25, 0.3) is 0 Å². The molecule has 0 bridgehead atoms. The molecule has 19 heavy (non-hydrogen) atoms. The molecule has 1 aliphatic rings. The molecule has 0 aliphatic carbocycles. The van der Waals surface area contributed by atoms with Gasteiger partial charge >= 0.3 is 0 Å². The first kappa shape index (κ1) is 12.9. The lowest BCUT2D eigenvalue weighted by Crippen LogP contribution is -2.28.